The van der Waals surface area contributed by atoms with Crippen LogP contribution in [-0.2, 0) is 16.7 Å². The van der Waals surface area contributed by atoms with Crippen molar-refractivity contribution in [3.05, 3.63) is 113 Å². The Morgan fingerprint density at radius 3 is 2.00 bits per heavy atom. The largest absolute Gasteiger partial charge is 0.493 e. The Bertz CT molecular complexity index is 1570. The number of aliphatic hydroxyl groups excluding tert-OH is 2. The van der Waals surface area contributed by atoms with Gasteiger partial charge in [0.2, 0.25) is 11.8 Å². The Labute approximate surface area is 256 Å². The predicted octanol–water partition coefficient (Wildman–Crippen LogP) is 4.05. The van der Waals surface area contributed by atoms with Crippen LogP contribution in [0.5, 0.6) is 5.88 Å². The van der Waals surface area contributed by atoms with E-state index in [9.17, 15) is 15.3 Å². The van der Waals surface area contributed by atoms with Crippen LogP contribution in [0.25, 0.3) is 11.0 Å². The van der Waals surface area contributed by atoms with Crippen molar-refractivity contribution in [1.82, 2.24) is 25.1 Å². The number of ether oxygens (including phenoxy) is 1. The first-order valence-electron chi connectivity index (χ1n) is 15.1. The molecule has 5 aromatic rings. The van der Waals surface area contributed by atoms with Crippen molar-refractivity contribution in [3.8, 4) is 5.88 Å². The maximum Gasteiger partial charge on any atom is 0.227 e. The van der Waals surface area contributed by atoms with Crippen LogP contribution in [0.2, 0.25) is 0 Å². The Morgan fingerprint density at radius 2 is 1.45 bits per heavy atom. The molecule has 228 valence electrons. The van der Waals surface area contributed by atoms with Crippen LogP contribution in [0.4, 0.5) is 5.95 Å². The zero-order valence-corrected chi connectivity index (χ0v) is 24.5. The van der Waals surface area contributed by atoms with Gasteiger partial charge in [-0.1, -0.05) is 97.4 Å². The molecule has 0 unspecified atom stereocenters. The monoisotopic (exact) mass is 594 g/mol. The fourth-order valence-corrected chi connectivity index (χ4v) is 6.25. The number of fused-ring (bicyclic) bond motifs is 1. The number of hydrogen-bond donors (Lipinski definition) is 5. The zero-order chi connectivity index (χ0) is 30.5. The summed E-state index contributed by atoms with van der Waals surface area (Å²) in [6.07, 6.45) is 1.29. The lowest BCUT2D eigenvalue weighted by Gasteiger charge is -2.37. The molecule has 1 saturated heterocycles. The molecule has 0 bridgehead atoms. The molecule has 10 heteroatoms. The van der Waals surface area contributed by atoms with E-state index in [4.69, 9.17) is 15.6 Å². The lowest BCUT2D eigenvalue weighted by Crippen LogP contribution is -2.45. The van der Waals surface area contributed by atoms with Gasteiger partial charge in [-0.15, -0.1) is 0 Å². The summed E-state index contributed by atoms with van der Waals surface area (Å²) >= 11 is 0. The van der Waals surface area contributed by atoms with Gasteiger partial charge in [0.15, 0.2) is 11.9 Å². The summed E-state index contributed by atoms with van der Waals surface area (Å²) in [4.78, 5) is 8.27. The van der Waals surface area contributed by atoms with Gasteiger partial charge in [0.05, 0.1) is 23.9 Å². The average molecular weight is 595 g/mol. The second kappa shape index (κ2) is 13.1. The van der Waals surface area contributed by atoms with Gasteiger partial charge in [-0.25, -0.2) is 4.68 Å². The fourth-order valence-electron chi connectivity index (χ4n) is 6.25. The number of nitrogen functional groups attached to an aromatic ring is 1. The van der Waals surface area contributed by atoms with Crippen LogP contribution in [-0.4, -0.2) is 60.4 Å². The minimum Gasteiger partial charge on any atom is -0.493 e. The van der Waals surface area contributed by atoms with Crippen LogP contribution >= 0.6 is 0 Å². The molecule has 1 aliphatic rings. The Hall–Kier alpha value is -4.35. The SMILES string of the molecule is Nc1nc(O)c2c(CCCCCNC(c3ccccc3)(c3ccccc3)c3ccccc3)nn([C@@H]3C[C@H](O)[C@@H](CO)O3)c2n1. The highest BCUT2D eigenvalue weighted by Crippen LogP contribution is 2.37. The fraction of sp³-hybridized carbons (Fsp3) is 0.324. The first-order valence-corrected chi connectivity index (χ1v) is 15.1. The van der Waals surface area contributed by atoms with Crippen LogP contribution in [0.15, 0.2) is 91.0 Å². The normalized spacial score (nSPS) is 18.6. The standard InChI is InChI=1S/C34H38N6O4/c35-33-37-31-30(32(43)38-33)26(39-40(31)29-21-27(42)28(22-41)44-29)19-11-4-12-20-36-34(23-13-5-1-6-14-23,24-15-7-2-8-16-24)25-17-9-3-10-18-25/h1-3,5-10,13-18,27-29,36,41-42H,4,11-12,19-22H2,(H3,35,37,38,43)/t27-,28+,29-/m0/s1. The summed E-state index contributed by atoms with van der Waals surface area (Å²) in [7, 11) is 0. The van der Waals surface area contributed by atoms with E-state index < -0.39 is 24.0 Å². The number of unbranched alkanes of at least 4 members (excludes halogenated alkanes) is 2. The van der Waals surface area contributed by atoms with Gasteiger partial charge in [-0.3, -0.25) is 5.32 Å². The van der Waals surface area contributed by atoms with Gasteiger partial charge in [-0.2, -0.15) is 15.1 Å². The van der Waals surface area contributed by atoms with E-state index in [0.717, 1.165) is 25.8 Å². The van der Waals surface area contributed by atoms with Crippen LogP contribution in [0.3, 0.4) is 0 Å². The summed E-state index contributed by atoms with van der Waals surface area (Å²) in [5, 5.41) is 39.5. The molecule has 6 N–H and O–H groups in total. The molecule has 2 aromatic heterocycles. The number of nitrogens with two attached hydrogens (primary N) is 1. The lowest BCUT2D eigenvalue weighted by molar-refractivity contribution is -0.0471. The van der Waals surface area contributed by atoms with Gasteiger partial charge >= 0.3 is 0 Å². The molecule has 0 saturated carbocycles. The third-order valence-corrected chi connectivity index (χ3v) is 8.38. The van der Waals surface area contributed by atoms with Crippen molar-refractivity contribution in [2.24, 2.45) is 0 Å². The predicted molar refractivity (Wildman–Crippen MR) is 168 cm³/mol. The first kappa shape index (κ1) is 29.7. The Morgan fingerprint density at radius 1 is 0.864 bits per heavy atom. The second-order valence-electron chi connectivity index (χ2n) is 11.2. The molecule has 3 heterocycles. The summed E-state index contributed by atoms with van der Waals surface area (Å²) in [5.74, 6) is -0.309. The van der Waals surface area contributed by atoms with Crippen molar-refractivity contribution < 1.29 is 20.1 Å². The second-order valence-corrected chi connectivity index (χ2v) is 11.2. The van der Waals surface area contributed by atoms with E-state index >= 15 is 0 Å². The molecular weight excluding hydrogens is 556 g/mol. The van der Waals surface area contributed by atoms with Gasteiger partial charge in [-0.05, 0) is 42.5 Å². The number of nitrogens with zero attached hydrogens (tertiary/aromatic N) is 4. The van der Waals surface area contributed by atoms with Crippen molar-refractivity contribution in [2.75, 3.05) is 18.9 Å². The zero-order valence-electron chi connectivity index (χ0n) is 24.5. The van der Waals surface area contributed by atoms with Gasteiger partial charge in [0, 0.05) is 6.42 Å². The lowest BCUT2D eigenvalue weighted by atomic mass is 9.77. The van der Waals surface area contributed by atoms with Crippen LogP contribution < -0.4 is 11.1 Å². The molecule has 1 fully saturated rings. The van der Waals surface area contributed by atoms with E-state index in [2.05, 4.69) is 88.1 Å². The molecule has 0 spiro atoms. The highest BCUT2D eigenvalue weighted by Gasteiger charge is 2.37. The van der Waals surface area contributed by atoms with Crippen molar-refractivity contribution in [2.45, 2.75) is 56.1 Å². The van der Waals surface area contributed by atoms with Gasteiger partial charge in [0.1, 0.15) is 11.5 Å². The van der Waals surface area contributed by atoms with E-state index in [1.165, 1.54) is 21.4 Å². The molecule has 1 aliphatic heterocycles. The number of aliphatic hydroxyl groups is 2. The maximum atomic E-state index is 10.7. The maximum absolute atomic E-state index is 10.7. The van der Waals surface area contributed by atoms with Crippen molar-refractivity contribution in [3.63, 3.8) is 0 Å². The summed E-state index contributed by atoms with van der Waals surface area (Å²) in [6.45, 7) is 0.468. The minimum absolute atomic E-state index is 0.0789. The Kier molecular flexibility index (Phi) is 8.85. The third kappa shape index (κ3) is 5.77. The highest BCUT2D eigenvalue weighted by molar-refractivity contribution is 5.84. The van der Waals surface area contributed by atoms with Gasteiger partial charge in [0.25, 0.3) is 0 Å². The molecule has 44 heavy (non-hydrogen) atoms. The quantitative estimate of drug-likeness (QED) is 0.106. The molecule has 3 aromatic carbocycles. The number of aryl methyl sites for hydroxylation is 1. The van der Waals surface area contributed by atoms with E-state index in [1.807, 2.05) is 18.2 Å². The summed E-state index contributed by atoms with van der Waals surface area (Å²) in [5.41, 5.74) is 9.83. The van der Waals surface area contributed by atoms with E-state index in [1.54, 1.807) is 0 Å². The number of nitrogens with one attached hydrogen (secondary N) is 1. The minimum atomic E-state index is -0.831. The number of benzene rings is 3. The molecule has 6 rings (SSSR count). The summed E-state index contributed by atoms with van der Waals surface area (Å²) in [6, 6.07) is 31.6. The van der Waals surface area contributed by atoms with E-state index in [0.29, 0.717) is 23.1 Å². The first-order chi connectivity index (χ1) is 21.5. The van der Waals surface area contributed by atoms with Crippen molar-refractivity contribution >= 4 is 17.0 Å². The third-order valence-electron chi connectivity index (χ3n) is 8.38. The smallest absolute Gasteiger partial charge is 0.227 e. The number of aromatic hydroxyl groups is 1. The molecule has 3 atom stereocenters. The van der Waals surface area contributed by atoms with Crippen LogP contribution in [0, 0.1) is 0 Å². The van der Waals surface area contributed by atoms with Crippen LogP contribution in [0.1, 0.15) is 54.3 Å². The van der Waals surface area contributed by atoms with E-state index in [-0.39, 0.29) is 24.9 Å². The highest BCUT2D eigenvalue weighted by atomic mass is 16.5. The van der Waals surface area contributed by atoms with Gasteiger partial charge < -0.3 is 25.8 Å². The summed E-state index contributed by atoms with van der Waals surface area (Å²) < 4.78 is 7.36. The molecule has 10 nitrogen and oxygen atoms in total. The molecule has 0 amide bonds. The molecule has 0 radical (unpaired) electrons. The average Bonchev–Trinajstić information content (AvgIpc) is 3.61. The number of hydrogen-bond acceptors (Lipinski definition) is 9. The van der Waals surface area contributed by atoms with Crippen molar-refractivity contribution in [1.29, 1.82) is 0 Å². The number of anilines is 1. The number of rotatable bonds is 12. The molecule has 0 aliphatic carbocycles. The molecular formula is C34H38N6O4. The Balaban J connectivity index is 1.18. The topological polar surface area (TPSA) is 152 Å². The number of aromatic nitrogens is 4.